The molecule has 0 radical (unpaired) electrons. The number of amides is 2. The zero-order valence-corrected chi connectivity index (χ0v) is 24.0. The molecule has 2 aromatic heterocycles. The molecule has 1 aliphatic rings. The molecule has 1 saturated heterocycles. The highest BCUT2D eigenvalue weighted by Crippen LogP contribution is 2.33. The first-order chi connectivity index (χ1) is 20.3. The van der Waals surface area contributed by atoms with Crippen LogP contribution in [0.5, 0.6) is 0 Å². The number of aliphatic hydroxyl groups excluding tert-OH is 1. The van der Waals surface area contributed by atoms with Gasteiger partial charge in [0.15, 0.2) is 17.0 Å². The number of hydrogen-bond acceptors (Lipinski definition) is 12. The van der Waals surface area contributed by atoms with Crippen molar-refractivity contribution in [1.82, 2.24) is 24.8 Å². The van der Waals surface area contributed by atoms with Crippen LogP contribution in [0.25, 0.3) is 11.2 Å². The number of anilines is 1. The SMILES string of the molecule is CSCCOC(=O)NCc1ccc(C(=O)Nc2ncnc3c2ncn3[C@H]2C[C@@H](OC(=O)CCC(C)=O)[C@@H](CO)O2)cc1. The third kappa shape index (κ3) is 8.02. The van der Waals surface area contributed by atoms with E-state index in [-0.39, 0.29) is 44.0 Å². The van der Waals surface area contributed by atoms with E-state index in [9.17, 15) is 24.3 Å². The van der Waals surface area contributed by atoms with E-state index in [0.29, 0.717) is 23.3 Å². The van der Waals surface area contributed by atoms with Crippen molar-refractivity contribution in [1.29, 1.82) is 0 Å². The van der Waals surface area contributed by atoms with E-state index in [1.165, 1.54) is 19.6 Å². The molecule has 3 atom stereocenters. The summed E-state index contributed by atoms with van der Waals surface area (Å²) in [7, 11) is 0. The Morgan fingerprint density at radius 3 is 2.64 bits per heavy atom. The minimum atomic E-state index is -0.765. The fraction of sp³-hybridized carbons (Fsp3) is 0.444. The molecule has 0 aliphatic carbocycles. The van der Waals surface area contributed by atoms with Crippen molar-refractivity contribution in [2.45, 2.75) is 51.2 Å². The number of nitrogens with one attached hydrogen (secondary N) is 2. The number of esters is 1. The molecule has 15 heteroatoms. The predicted molar refractivity (Wildman–Crippen MR) is 152 cm³/mol. The van der Waals surface area contributed by atoms with Gasteiger partial charge < -0.3 is 34.7 Å². The number of benzene rings is 1. The molecule has 0 spiro atoms. The second kappa shape index (κ2) is 14.7. The zero-order chi connectivity index (χ0) is 30.1. The fourth-order valence-corrected chi connectivity index (χ4v) is 4.47. The summed E-state index contributed by atoms with van der Waals surface area (Å²) in [5.74, 6) is -0.184. The third-order valence-corrected chi connectivity index (χ3v) is 6.97. The van der Waals surface area contributed by atoms with Gasteiger partial charge >= 0.3 is 12.1 Å². The average molecular weight is 601 g/mol. The van der Waals surface area contributed by atoms with Crippen LogP contribution in [-0.4, -0.2) is 85.8 Å². The van der Waals surface area contributed by atoms with Gasteiger partial charge in [-0.25, -0.2) is 19.7 Å². The number of alkyl carbamates (subject to hydrolysis) is 1. The molecule has 3 aromatic rings. The highest BCUT2D eigenvalue weighted by molar-refractivity contribution is 7.98. The quantitative estimate of drug-likeness (QED) is 0.192. The van der Waals surface area contributed by atoms with Crippen molar-refractivity contribution in [3.63, 3.8) is 0 Å². The molecular formula is C27H32N6O8S. The topological polar surface area (TPSA) is 184 Å². The van der Waals surface area contributed by atoms with E-state index in [2.05, 4.69) is 25.6 Å². The van der Waals surface area contributed by atoms with Crippen LogP contribution in [-0.2, 0) is 30.3 Å². The lowest BCUT2D eigenvalue weighted by Crippen LogP contribution is -2.30. The third-order valence-electron chi connectivity index (χ3n) is 6.40. The van der Waals surface area contributed by atoms with Gasteiger partial charge in [-0.3, -0.25) is 14.2 Å². The molecule has 14 nitrogen and oxygen atoms in total. The standard InChI is InChI=1S/C27H32N6O8S/c1-16(35)3-8-22(36)41-19-11-21(40-20(19)13-34)33-15-31-23-24(29-14-30-25(23)33)32-26(37)18-6-4-17(5-7-18)12-28-27(38)39-9-10-42-2/h4-7,14-15,19-21,34H,3,8-13H2,1-2H3,(H,28,38)(H,29,30,32,37)/t19-,20-,21-/m1/s1. The number of aliphatic hydroxyl groups is 1. The molecular weight excluding hydrogens is 568 g/mol. The lowest BCUT2D eigenvalue weighted by molar-refractivity contribution is -0.153. The molecule has 1 fully saturated rings. The summed E-state index contributed by atoms with van der Waals surface area (Å²) < 4.78 is 18.0. The molecule has 4 rings (SSSR count). The lowest BCUT2D eigenvalue weighted by atomic mass is 10.1. The number of carbonyl (C=O) groups is 4. The maximum atomic E-state index is 12.9. The maximum Gasteiger partial charge on any atom is 0.407 e. The first kappa shape index (κ1) is 30.9. The number of imidazole rings is 1. The van der Waals surface area contributed by atoms with Crippen molar-refractivity contribution in [3.8, 4) is 0 Å². The summed E-state index contributed by atoms with van der Waals surface area (Å²) in [6, 6.07) is 6.70. The van der Waals surface area contributed by atoms with Crippen molar-refractivity contribution in [2.75, 3.05) is 30.5 Å². The summed E-state index contributed by atoms with van der Waals surface area (Å²) in [5, 5.41) is 15.2. The number of ether oxygens (including phenoxy) is 3. The van der Waals surface area contributed by atoms with Gasteiger partial charge in [0.1, 0.15) is 37.2 Å². The average Bonchev–Trinajstić information content (AvgIpc) is 3.60. The Hall–Kier alpha value is -4.08. The molecule has 224 valence electrons. The van der Waals surface area contributed by atoms with Crippen molar-refractivity contribution >= 4 is 52.5 Å². The Bertz CT molecular complexity index is 1420. The summed E-state index contributed by atoms with van der Waals surface area (Å²) in [5.41, 5.74) is 1.85. The van der Waals surface area contributed by atoms with E-state index < -0.39 is 36.4 Å². The fourth-order valence-electron chi connectivity index (χ4n) is 4.22. The molecule has 42 heavy (non-hydrogen) atoms. The van der Waals surface area contributed by atoms with Crippen LogP contribution in [0, 0.1) is 0 Å². The van der Waals surface area contributed by atoms with E-state index in [4.69, 9.17) is 14.2 Å². The van der Waals surface area contributed by atoms with Gasteiger partial charge in [-0.15, -0.1) is 0 Å². The van der Waals surface area contributed by atoms with Gasteiger partial charge in [0, 0.05) is 30.7 Å². The maximum absolute atomic E-state index is 12.9. The van der Waals surface area contributed by atoms with Crippen LogP contribution in [0.15, 0.2) is 36.9 Å². The molecule has 0 saturated carbocycles. The van der Waals surface area contributed by atoms with Crippen LogP contribution in [0.4, 0.5) is 10.6 Å². The monoisotopic (exact) mass is 600 g/mol. The van der Waals surface area contributed by atoms with Crippen molar-refractivity contribution in [2.24, 2.45) is 0 Å². The van der Waals surface area contributed by atoms with Gasteiger partial charge in [0.05, 0.1) is 19.4 Å². The number of fused-ring (bicyclic) bond motifs is 1. The first-order valence-corrected chi connectivity index (χ1v) is 14.6. The Balaban J connectivity index is 1.38. The van der Waals surface area contributed by atoms with Gasteiger partial charge in [-0.05, 0) is 30.9 Å². The van der Waals surface area contributed by atoms with Crippen LogP contribution in [0.2, 0.25) is 0 Å². The molecule has 1 aliphatic heterocycles. The zero-order valence-electron chi connectivity index (χ0n) is 23.1. The van der Waals surface area contributed by atoms with Crippen LogP contribution in [0.1, 0.15) is 48.3 Å². The summed E-state index contributed by atoms with van der Waals surface area (Å²) in [6.07, 6.45) is 2.29. The van der Waals surface area contributed by atoms with E-state index in [1.807, 2.05) is 6.26 Å². The molecule has 0 bridgehead atoms. The smallest absolute Gasteiger partial charge is 0.407 e. The Morgan fingerprint density at radius 1 is 1.14 bits per heavy atom. The lowest BCUT2D eigenvalue weighted by Gasteiger charge is -2.16. The number of hydrogen-bond donors (Lipinski definition) is 3. The normalized spacial score (nSPS) is 18.0. The van der Waals surface area contributed by atoms with E-state index in [1.54, 1.807) is 40.6 Å². The van der Waals surface area contributed by atoms with Crippen LogP contribution >= 0.6 is 11.8 Å². The van der Waals surface area contributed by atoms with Crippen LogP contribution in [0.3, 0.4) is 0 Å². The highest BCUT2D eigenvalue weighted by Gasteiger charge is 2.39. The Labute approximate surface area is 245 Å². The first-order valence-electron chi connectivity index (χ1n) is 13.2. The number of aromatic nitrogens is 4. The number of ketones is 1. The van der Waals surface area contributed by atoms with Crippen molar-refractivity contribution < 1.29 is 38.5 Å². The minimum absolute atomic E-state index is 0.0499. The number of carbonyl (C=O) groups excluding carboxylic acids is 4. The molecule has 2 amide bonds. The Kier molecular flexibility index (Phi) is 10.8. The molecule has 0 unspecified atom stereocenters. The van der Waals surface area contributed by atoms with Crippen molar-refractivity contribution in [3.05, 3.63) is 48.0 Å². The molecule has 3 N–H and O–H groups in total. The number of Topliss-reactive ketones (excluding diaryl/α,β-unsaturated/α-hetero) is 1. The second-order valence-corrected chi connectivity index (χ2v) is 10.4. The minimum Gasteiger partial charge on any atom is -0.459 e. The second-order valence-electron chi connectivity index (χ2n) is 9.46. The van der Waals surface area contributed by atoms with E-state index >= 15 is 0 Å². The molecule has 3 heterocycles. The van der Waals surface area contributed by atoms with E-state index in [0.717, 1.165) is 11.3 Å². The summed E-state index contributed by atoms with van der Waals surface area (Å²) in [6.45, 7) is 1.60. The Morgan fingerprint density at radius 2 is 1.93 bits per heavy atom. The summed E-state index contributed by atoms with van der Waals surface area (Å²) in [4.78, 5) is 60.8. The summed E-state index contributed by atoms with van der Waals surface area (Å²) >= 11 is 1.58. The largest absolute Gasteiger partial charge is 0.459 e. The number of rotatable bonds is 13. The van der Waals surface area contributed by atoms with Gasteiger partial charge in [-0.1, -0.05) is 12.1 Å². The van der Waals surface area contributed by atoms with Gasteiger partial charge in [0.2, 0.25) is 0 Å². The van der Waals surface area contributed by atoms with Crippen LogP contribution < -0.4 is 10.6 Å². The van der Waals surface area contributed by atoms with Gasteiger partial charge in [0.25, 0.3) is 5.91 Å². The molecule has 1 aromatic carbocycles. The predicted octanol–water partition coefficient (Wildman–Crippen LogP) is 2.23. The van der Waals surface area contributed by atoms with Gasteiger partial charge in [-0.2, -0.15) is 11.8 Å². The highest BCUT2D eigenvalue weighted by atomic mass is 32.2. The number of nitrogens with zero attached hydrogens (tertiary/aromatic N) is 4. The number of thioether (sulfide) groups is 1.